The largest absolute Gasteiger partial charge is 0.298 e. The van der Waals surface area contributed by atoms with Crippen molar-refractivity contribution in [1.82, 2.24) is 4.98 Å². The number of hydrogen-bond donors (Lipinski definition) is 0. The van der Waals surface area contributed by atoms with E-state index in [0.717, 1.165) is 42.5 Å². The predicted octanol–water partition coefficient (Wildman–Crippen LogP) is 4.74. The van der Waals surface area contributed by atoms with Crippen LogP contribution < -0.4 is 0 Å². The highest BCUT2D eigenvalue weighted by Crippen LogP contribution is 2.19. The van der Waals surface area contributed by atoms with E-state index in [4.69, 9.17) is 4.98 Å². The number of aryl methyl sites for hydroxylation is 2. The van der Waals surface area contributed by atoms with Crippen molar-refractivity contribution in [2.24, 2.45) is 0 Å². The molecule has 0 spiro atoms. The SMILES string of the molecule is O=Cc1ccc(-c2ccccc2)nc1CCCc1ccccc1. The molecule has 2 aromatic carbocycles. The number of pyridine rings is 1. The summed E-state index contributed by atoms with van der Waals surface area (Å²) in [5.74, 6) is 0. The number of benzene rings is 2. The lowest BCUT2D eigenvalue weighted by Crippen LogP contribution is -2.00. The lowest BCUT2D eigenvalue weighted by Gasteiger charge is -2.08. The molecule has 3 aromatic rings. The van der Waals surface area contributed by atoms with Gasteiger partial charge in [-0.2, -0.15) is 0 Å². The number of aldehydes is 1. The lowest BCUT2D eigenvalue weighted by molar-refractivity contribution is 0.112. The van der Waals surface area contributed by atoms with Crippen LogP contribution in [-0.4, -0.2) is 11.3 Å². The maximum atomic E-state index is 11.3. The lowest BCUT2D eigenvalue weighted by atomic mass is 10.0. The summed E-state index contributed by atoms with van der Waals surface area (Å²) in [4.78, 5) is 16.0. The number of aromatic nitrogens is 1. The molecule has 0 N–H and O–H groups in total. The molecule has 0 aliphatic carbocycles. The van der Waals surface area contributed by atoms with Gasteiger partial charge in [0.05, 0.1) is 11.4 Å². The first kappa shape index (κ1) is 15.2. The third-order valence-electron chi connectivity index (χ3n) is 3.93. The fourth-order valence-electron chi connectivity index (χ4n) is 2.69. The van der Waals surface area contributed by atoms with Gasteiger partial charge in [-0.05, 0) is 37.0 Å². The van der Waals surface area contributed by atoms with E-state index in [-0.39, 0.29) is 0 Å². The maximum absolute atomic E-state index is 11.3. The summed E-state index contributed by atoms with van der Waals surface area (Å²) in [6, 6.07) is 24.3. The molecule has 2 nitrogen and oxygen atoms in total. The third-order valence-corrected chi connectivity index (χ3v) is 3.93. The highest BCUT2D eigenvalue weighted by Gasteiger charge is 2.07. The molecule has 0 radical (unpaired) electrons. The third kappa shape index (κ3) is 3.92. The Morgan fingerprint density at radius 3 is 2.17 bits per heavy atom. The Morgan fingerprint density at radius 1 is 0.783 bits per heavy atom. The van der Waals surface area contributed by atoms with Gasteiger partial charge in [-0.3, -0.25) is 9.78 Å². The van der Waals surface area contributed by atoms with E-state index in [1.165, 1.54) is 5.56 Å². The van der Waals surface area contributed by atoms with E-state index in [1.54, 1.807) is 0 Å². The quantitative estimate of drug-likeness (QED) is 0.616. The molecule has 3 rings (SSSR count). The molecule has 0 saturated carbocycles. The Morgan fingerprint density at radius 2 is 1.48 bits per heavy atom. The summed E-state index contributed by atoms with van der Waals surface area (Å²) >= 11 is 0. The molecule has 1 heterocycles. The van der Waals surface area contributed by atoms with Crippen LogP contribution in [0.4, 0.5) is 0 Å². The van der Waals surface area contributed by atoms with Crippen LogP contribution >= 0.6 is 0 Å². The molecule has 0 fully saturated rings. The number of rotatable bonds is 6. The molecule has 0 aliphatic heterocycles. The molecule has 0 aliphatic rings. The van der Waals surface area contributed by atoms with Crippen molar-refractivity contribution < 1.29 is 4.79 Å². The van der Waals surface area contributed by atoms with Gasteiger partial charge in [0, 0.05) is 11.1 Å². The van der Waals surface area contributed by atoms with Crippen molar-refractivity contribution in [3.8, 4) is 11.3 Å². The molecule has 0 atom stereocenters. The van der Waals surface area contributed by atoms with Crippen molar-refractivity contribution in [2.45, 2.75) is 19.3 Å². The van der Waals surface area contributed by atoms with Gasteiger partial charge in [0.25, 0.3) is 0 Å². The van der Waals surface area contributed by atoms with Crippen molar-refractivity contribution in [1.29, 1.82) is 0 Å². The Balaban J connectivity index is 1.76. The molecule has 0 unspecified atom stereocenters. The number of nitrogens with zero attached hydrogens (tertiary/aromatic N) is 1. The topological polar surface area (TPSA) is 30.0 Å². The summed E-state index contributed by atoms with van der Waals surface area (Å²) in [5, 5.41) is 0. The van der Waals surface area contributed by atoms with Crippen molar-refractivity contribution in [3.05, 3.63) is 89.6 Å². The van der Waals surface area contributed by atoms with E-state index in [2.05, 4.69) is 24.3 Å². The van der Waals surface area contributed by atoms with Crippen LogP contribution in [0.15, 0.2) is 72.8 Å². The van der Waals surface area contributed by atoms with E-state index in [1.807, 2.05) is 48.5 Å². The van der Waals surface area contributed by atoms with Gasteiger partial charge < -0.3 is 0 Å². The minimum absolute atomic E-state index is 0.692. The van der Waals surface area contributed by atoms with Gasteiger partial charge in [0.15, 0.2) is 6.29 Å². The molecule has 1 aromatic heterocycles. The molecular formula is C21H19NO. The normalized spacial score (nSPS) is 10.4. The van der Waals surface area contributed by atoms with Crippen LogP contribution in [0.3, 0.4) is 0 Å². The van der Waals surface area contributed by atoms with E-state index in [9.17, 15) is 4.79 Å². The molecule has 0 bridgehead atoms. The zero-order valence-electron chi connectivity index (χ0n) is 13.0. The van der Waals surface area contributed by atoms with Crippen LogP contribution in [0.2, 0.25) is 0 Å². The van der Waals surface area contributed by atoms with Gasteiger partial charge in [0.1, 0.15) is 0 Å². The first-order valence-corrected chi connectivity index (χ1v) is 7.91. The Labute approximate surface area is 136 Å². The second kappa shape index (κ2) is 7.50. The zero-order chi connectivity index (χ0) is 15.9. The van der Waals surface area contributed by atoms with Gasteiger partial charge in [-0.1, -0.05) is 60.7 Å². The summed E-state index contributed by atoms with van der Waals surface area (Å²) in [7, 11) is 0. The first-order valence-electron chi connectivity index (χ1n) is 7.91. The van der Waals surface area contributed by atoms with E-state index >= 15 is 0 Å². The summed E-state index contributed by atoms with van der Waals surface area (Å²) < 4.78 is 0. The summed E-state index contributed by atoms with van der Waals surface area (Å²) in [6.45, 7) is 0. The number of carbonyl (C=O) groups is 1. The fourth-order valence-corrected chi connectivity index (χ4v) is 2.69. The second-order valence-corrected chi connectivity index (χ2v) is 5.56. The van der Waals surface area contributed by atoms with Gasteiger partial charge in [-0.25, -0.2) is 0 Å². The maximum Gasteiger partial charge on any atom is 0.151 e. The molecule has 0 amide bonds. The molecule has 2 heteroatoms. The molecule has 23 heavy (non-hydrogen) atoms. The Kier molecular flexibility index (Phi) is 4.95. The fraction of sp³-hybridized carbons (Fsp3) is 0.143. The minimum Gasteiger partial charge on any atom is -0.298 e. The van der Waals surface area contributed by atoms with Crippen molar-refractivity contribution >= 4 is 6.29 Å². The molecular weight excluding hydrogens is 282 g/mol. The van der Waals surface area contributed by atoms with Crippen LogP contribution in [-0.2, 0) is 12.8 Å². The summed E-state index contributed by atoms with van der Waals surface area (Å²) in [5.41, 5.74) is 4.90. The Hall–Kier alpha value is -2.74. The van der Waals surface area contributed by atoms with Crippen LogP contribution in [0.5, 0.6) is 0 Å². The zero-order valence-corrected chi connectivity index (χ0v) is 13.0. The second-order valence-electron chi connectivity index (χ2n) is 5.56. The Bertz CT molecular complexity index is 766. The van der Waals surface area contributed by atoms with Gasteiger partial charge in [0.2, 0.25) is 0 Å². The smallest absolute Gasteiger partial charge is 0.151 e. The van der Waals surface area contributed by atoms with E-state index < -0.39 is 0 Å². The van der Waals surface area contributed by atoms with Gasteiger partial charge in [-0.15, -0.1) is 0 Å². The minimum atomic E-state index is 0.692. The monoisotopic (exact) mass is 301 g/mol. The van der Waals surface area contributed by atoms with Crippen LogP contribution in [0.1, 0.15) is 28.0 Å². The average Bonchev–Trinajstić information content (AvgIpc) is 2.63. The standard InChI is InChI=1S/C21H19NO/c23-16-19-14-15-21(18-11-5-2-6-12-18)22-20(19)13-7-10-17-8-3-1-4-9-17/h1-6,8-9,11-12,14-16H,7,10,13H2. The average molecular weight is 301 g/mol. The van der Waals surface area contributed by atoms with Crippen molar-refractivity contribution in [2.75, 3.05) is 0 Å². The van der Waals surface area contributed by atoms with Gasteiger partial charge >= 0.3 is 0 Å². The number of carbonyl (C=O) groups excluding carboxylic acids is 1. The number of hydrogen-bond acceptors (Lipinski definition) is 2. The highest BCUT2D eigenvalue weighted by atomic mass is 16.1. The van der Waals surface area contributed by atoms with Crippen LogP contribution in [0.25, 0.3) is 11.3 Å². The van der Waals surface area contributed by atoms with Crippen LogP contribution in [0, 0.1) is 0 Å². The highest BCUT2D eigenvalue weighted by molar-refractivity contribution is 5.77. The molecule has 114 valence electrons. The predicted molar refractivity (Wildman–Crippen MR) is 93.5 cm³/mol. The van der Waals surface area contributed by atoms with E-state index in [0.29, 0.717) is 5.56 Å². The van der Waals surface area contributed by atoms with Crippen molar-refractivity contribution in [3.63, 3.8) is 0 Å². The summed E-state index contributed by atoms with van der Waals surface area (Å²) in [6.07, 6.45) is 3.69. The first-order chi connectivity index (χ1) is 11.4. The molecule has 0 saturated heterocycles.